The first-order valence-corrected chi connectivity index (χ1v) is 6.57. The van der Waals surface area contributed by atoms with E-state index in [4.69, 9.17) is 9.47 Å². The highest BCUT2D eigenvalue weighted by Crippen LogP contribution is 2.29. The van der Waals surface area contributed by atoms with Crippen molar-refractivity contribution in [2.75, 3.05) is 26.9 Å². The standard InChI is InChI=1S/C14H19F2NO4/c1-3-20-8-4-7-17-13(18)10-5-6-11(21-14(15)16)12(9-10)19-2/h5-6,9,14H,3-4,7-8H2,1-2H3,(H,17,18). The largest absolute Gasteiger partial charge is 0.493 e. The Balaban J connectivity index is 2.60. The van der Waals surface area contributed by atoms with Crippen molar-refractivity contribution >= 4 is 5.91 Å². The number of benzene rings is 1. The van der Waals surface area contributed by atoms with Crippen LogP contribution in [0.1, 0.15) is 23.7 Å². The van der Waals surface area contributed by atoms with Crippen LogP contribution in [0.15, 0.2) is 18.2 Å². The molecule has 1 rings (SSSR count). The number of nitrogens with one attached hydrogen (secondary N) is 1. The first-order valence-electron chi connectivity index (χ1n) is 6.57. The highest BCUT2D eigenvalue weighted by atomic mass is 19.3. The van der Waals surface area contributed by atoms with Gasteiger partial charge in [-0.2, -0.15) is 8.78 Å². The van der Waals surface area contributed by atoms with Crippen LogP contribution in [0.25, 0.3) is 0 Å². The van der Waals surface area contributed by atoms with Crippen LogP contribution in [0.4, 0.5) is 8.78 Å². The van der Waals surface area contributed by atoms with E-state index in [1.165, 1.54) is 25.3 Å². The Morgan fingerprint density at radius 1 is 1.33 bits per heavy atom. The lowest BCUT2D eigenvalue weighted by atomic mass is 10.2. The van der Waals surface area contributed by atoms with Crippen molar-refractivity contribution in [3.05, 3.63) is 23.8 Å². The summed E-state index contributed by atoms with van der Waals surface area (Å²) in [5.74, 6) is -0.342. The molecule has 0 unspecified atom stereocenters. The number of ether oxygens (including phenoxy) is 3. The van der Waals surface area contributed by atoms with E-state index in [-0.39, 0.29) is 17.4 Å². The summed E-state index contributed by atoms with van der Waals surface area (Å²) >= 11 is 0. The Kier molecular flexibility index (Phi) is 7.45. The summed E-state index contributed by atoms with van der Waals surface area (Å²) in [5.41, 5.74) is 0.310. The lowest BCUT2D eigenvalue weighted by molar-refractivity contribution is -0.0512. The average Bonchev–Trinajstić information content (AvgIpc) is 2.46. The highest BCUT2D eigenvalue weighted by molar-refractivity contribution is 5.94. The summed E-state index contributed by atoms with van der Waals surface area (Å²) in [5, 5.41) is 2.71. The van der Waals surface area contributed by atoms with Gasteiger partial charge in [0.1, 0.15) is 0 Å². The number of carbonyl (C=O) groups excluding carboxylic acids is 1. The third-order valence-electron chi connectivity index (χ3n) is 2.60. The minimum Gasteiger partial charge on any atom is -0.493 e. The molecule has 0 aromatic heterocycles. The fourth-order valence-electron chi connectivity index (χ4n) is 1.62. The molecule has 0 aliphatic rings. The van der Waals surface area contributed by atoms with E-state index >= 15 is 0 Å². The number of hydrogen-bond acceptors (Lipinski definition) is 4. The number of amides is 1. The molecule has 0 fully saturated rings. The van der Waals surface area contributed by atoms with Gasteiger partial charge in [-0.3, -0.25) is 4.79 Å². The van der Waals surface area contributed by atoms with Gasteiger partial charge in [0.05, 0.1) is 7.11 Å². The number of rotatable bonds is 9. The summed E-state index contributed by atoms with van der Waals surface area (Å²) < 4.78 is 38.8. The fourth-order valence-corrected chi connectivity index (χ4v) is 1.62. The first-order chi connectivity index (χ1) is 10.1. The number of carbonyl (C=O) groups is 1. The van der Waals surface area contributed by atoms with E-state index in [1.54, 1.807) is 0 Å². The predicted octanol–water partition coefficient (Wildman–Crippen LogP) is 2.45. The Hall–Kier alpha value is -1.89. The summed E-state index contributed by atoms with van der Waals surface area (Å²) in [7, 11) is 1.32. The van der Waals surface area contributed by atoms with Gasteiger partial charge in [0, 0.05) is 25.3 Å². The average molecular weight is 303 g/mol. The Morgan fingerprint density at radius 2 is 2.10 bits per heavy atom. The third-order valence-corrected chi connectivity index (χ3v) is 2.60. The van der Waals surface area contributed by atoms with E-state index in [1.807, 2.05) is 6.92 Å². The second-order valence-electron chi connectivity index (χ2n) is 4.05. The topological polar surface area (TPSA) is 56.8 Å². The van der Waals surface area contributed by atoms with Gasteiger partial charge in [-0.1, -0.05) is 0 Å². The fraction of sp³-hybridized carbons (Fsp3) is 0.500. The molecule has 0 radical (unpaired) electrons. The molecule has 0 bridgehead atoms. The molecular weight excluding hydrogens is 284 g/mol. The van der Waals surface area contributed by atoms with Gasteiger partial charge in [0.2, 0.25) is 0 Å². The zero-order valence-electron chi connectivity index (χ0n) is 12.0. The summed E-state index contributed by atoms with van der Waals surface area (Å²) in [4.78, 5) is 11.9. The van der Waals surface area contributed by atoms with Gasteiger partial charge in [0.25, 0.3) is 5.91 Å². The molecule has 5 nitrogen and oxygen atoms in total. The van der Waals surface area contributed by atoms with Crippen LogP contribution in [0.5, 0.6) is 11.5 Å². The number of hydrogen-bond donors (Lipinski definition) is 1. The van der Waals surface area contributed by atoms with Gasteiger partial charge in [-0.25, -0.2) is 0 Å². The van der Waals surface area contributed by atoms with Gasteiger partial charge >= 0.3 is 6.61 Å². The van der Waals surface area contributed by atoms with Crippen molar-refractivity contribution in [3.63, 3.8) is 0 Å². The van der Waals surface area contributed by atoms with E-state index in [0.29, 0.717) is 31.7 Å². The molecule has 1 aromatic carbocycles. The zero-order valence-corrected chi connectivity index (χ0v) is 12.0. The molecule has 0 aliphatic carbocycles. The predicted molar refractivity (Wildman–Crippen MR) is 73.1 cm³/mol. The maximum absolute atomic E-state index is 12.2. The van der Waals surface area contributed by atoms with Gasteiger partial charge < -0.3 is 19.5 Å². The normalized spacial score (nSPS) is 10.5. The van der Waals surface area contributed by atoms with E-state index in [2.05, 4.69) is 10.1 Å². The molecule has 0 atom stereocenters. The first kappa shape index (κ1) is 17.2. The smallest absolute Gasteiger partial charge is 0.387 e. The van der Waals surface area contributed by atoms with Crippen LogP contribution in [0, 0.1) is 0 Å². The number of methoxy groups -OCH3 is 1. The van der Waals surface area contributed by atoms with Crippen LogP contribution in [0.2, 0.25) is 0 Å². The molecule has 1 N–H and O–H groups in total. The van der Waals surface area contributed by atoms with Crippen LogP contribution in [-0.2, 0) is 4.74 Å². The van der Waals surface area contributed by atoms with E-state index < -0.39 is 6.61 Å². The Bertz CT molecular complexity index is 455. The van der Waals surface area contributed by atoms with Crippen molar-refractivity contribution in [1.82, 2.24) is 5.32 Å². The van der Waals surface area contributed by atoms with E-state index in [0.717, 1.165) is 0 Å². The minimum absolute atomic E-state index is 0.0808. The lowest BCUT2D eigenvalue weighted by Crippen LogP contribution is -2.25. The molecule has 7 heteroatoms. The van der Waals surface area contributed by atoms with Gasteiger partial charge in [0.15, 0.2) is 11.5 Å². The van der Waals surface area contributed by atoms with Crippen molar-refractivity contribution < 1.29 is 27.8 Å². The highest BCUT2D eigenvalue weighted by Gasteiger charge is 2.13. The van der Waals surface area contributed by atoms with Crippen LogP contribution in [0.3, 0.4) is 0 Å². The van der Waals surface area contributed by atoms with E-state index in [9.17, 15) is 13.6 Å². The maximum Gasteiger partial charge on any atom is 0.387 e. The SMILES string of the molecule is CCOCCCNC(=O)c1ccc(OC(F)F)c(OC)c1. The van der Waals surface area contributed by atoms with Crippen molar-refractivity contribution in [2.45, 2.75) is 20.0 Å². The van der Waals surface area contributed by atoms with Crippen molar-refractivity contribution in [2.24, 2.45) is 0 Å². The zero-order chi connectivity index (χ0) is 15.7. The van der Waals surface area contributed by atoms with Crippen LogP contribution < -0.4 is 14.8 Å². The molecule has 0 saturated heterocycles. The molecule has 0 spiro atoms. The summed E-state index contributed by atoms with van der Waals surface area (Å²) in [6.45, 7) is 0.625. The van der Waals surface area contributed by atoms with Crippen molar-refractivity contribution in [3.8, 4) is 11.5 Å². The van der Waals surface area contributed by atoms with Crippen molar-refractivity contribution in [1.29, 1.82) is 0 Å². The molecule has 118 valence electrons. The second kappa shape index (κ2) is 9.12. The van der Waals surface area contributed by atoms with Crippen LogP contribution >= 0.6 is 0 Å². The van der Waals surface area contributed by atoms with Gasteiger partial charge in [-0.15, -0.1) is 0 Å². The maximum atomic E-state index is 12.2. The quantitative estimate of drug-likeness (QED) is 0.712. The molecule has 0 saturated carbocycles. The third kappa shape index (κ3) is 5.95. The van der Waals surface area contributed by atoms with Crippen LogP contribution in [-0.4, -0.2) is 39.4 Å². The molecule has 1 amide bonds. The summed E-state index contributed by atoms with van der Waals surface area (Å²) in [6.07, 6.45) is 0.698. The molecule has 21 heavy (non-hydrogen) atoms. The second-order valence-corrected chi connectivity index (χ2v) is 4.05. The molecule has 0 aliphatic heterocycles. The summed E-state index contributed by atoms with van der Waals surface area (Å²) in [6, 6.07) is 4.04. The number of halogens is 2. The Morgan fingerprint density at radius 3 is 2.71 bits per heavy atom. The lowest BCUT2D eigenvalue weighted by Gasteiger charge is -2.11. The van der Waals surface area contributed by atoms with Gasteiger partial charge in [-0.05, 0) is 31.5 Å². The Labute approximate surface area is 122 Å². The molecule has 0 heterocycles. The molecular formula is C14H19F2NO4. The minimum atomic E-state index is -2.95. The number of alkyl halides is 2. The monoisotopic (exact) mass is 303 g/mol. The molecule has 1 aromatic rings.